The Morgan fingerprint density at radius 3 is 2.16 bits per heavy atom. The number of benzene rings is 2. The highest BCUT2D eigenvalue weighted by Gasteiger charge is 2.15. The molecule has 6 heteroatoms. The summed E-state index contributed by atoms with van der Waals surface area (Å²) in [6, 6.07) is 13.2. The third kappa shape index (κ3) is 6.23. The summed E-state index contributed by atoms with van der Waals surface area (Å²) in [5, 5.41) is 5.10. The maximum atomic E-state index is 12.9. The molecule has 2 aromatic carbocycles. The van der Waals surface area contributed by atoms with Gasteiger partial charge in [0.05, 0.1) is 11.0 Å². The van der Waals surface area contributed by atoms with Crippen LogP contribution in [0.25, 0.3) is 0 Å². The highest BCUT2D eigenvalue weighted by Crippen LogP contribution is 2.16. The van der Waals surface area contributed by atoms with Crippen LogP contribution >= 0.6 is 11.8 Å². The number of aryl methyl sites for hydroxylation is 1. The minimum atomic E-state index is -0.404. The van der Waals surface area contributed by atoms with E-state index in [1.54, 1.807) is 6.92 Å². The van der Waals surface area contributed by atoms with Gasteiger partial charge in [-0.3, -0.25) is 9.59 Å². The van der Waals surface area contributed by atoms with Crippen molar-refractivity contribution in [2.24, 2.45) is 0 Å². The zero-order chi connectivity index (χ0) is 18.2. The molecule has 0 bridgehead atoms. The Labute approximate surface area is 151 Å². The molecule has 0 spiro atoms. The molecule has 1 atom stereocenters. The smallest absolute Gasteiger partial charge is 0.237 e. The molecule has 2 rings (SSSR count). The highest BCUT2D eigenvalue weighted by molar-refractivity contribution is 8.01. The first-order valence-electron chi connectivity index (χ1n) is 8.04. The minimum Gasteiger partial charge on any atom is -0.325 e. The number of anilines is 2. The molecule has 132 valence electrons. The van der Waals surface area contributed by atoms with Gasteiger partial charge in [0.1, 0.15) is 5.82 Å². The number of rotatable bonds is 7. The fourth-order valence-corrected chi connectivity index (χ4v) is 2.76. The molecule has 0 saturated heterocycles. The van der Waals surface area contributed by atoms with Gasteiger partial charge in [0, 0.05) is 11.4 Å². The molecule has 0 aliphatic carbocycles. The maximum Gasteiger partial charge on any atom is 0.237 e. The van der Waals surface area contributed by atoms with E-state index in [1.807, 2.05) is 24.3 Å². The predicted molar refractivity (Wildman–Crippen MR) is 101 cm³/mol. The quantitative estimate of drug-likeness (QED) is 0.782. The van der Waals surface area contributed by atoms with Crippen molar-refractivity contribution in [3.8, 4) is 0 Å². The monoisotopic (exact) mass is 360 g/mol. The van der Waals surface area contributed by atoms with Crippen LogP contribution in [-0.2, 0) is 16.0 Å². The van der Waals surface area contributed by atoms with E-state index in [0.717, 1.165) is 12.1 Å². The number of amides is 2. The summed E-state index contributed by atoms with van der Waals surface area (Å²) in [6.07, 6.45) is 0.949. The summed E-state index contributed by atoms with van der Waals surface area (Å²) in [4.78, 5) is 24.1. The van der Waals surface area contributed by atoms with Gasteiger partial charge < -0.3 is 10.6 Å². The number of carbonyl (C=O) groups excluding carboxylic acids is 2. The van der Waals surface area contributed by atoms with Crippen LogP contribution in [0, 0.1) is 5.82 Å². The van der Waals surface area contributed by atoms with Gasteiger partial charge >= 0.3 is 0 Å². The molecule has 4 nitrogen and oxygen atoms in total. The van der Waals surface area contributed by atoms with Crippen LogP contribution in [0.3, 0.4) is 0 Å². The summed E-state index contributed by atoms with van der Waals surface area (Å²) in [7, 11) is 0. The van der Waals surface area contributed by atoms with Gasteiger partial charge in [-0.05, 0) is 55.3 Å². The van der Waals surface area contributed by atoms with E-state index in [-0.39, 0.29) is 23.4 Å². The van der Waals surface area contributed by atoms with Crippen molar-refractivity contribution in [3.63, 3.8) is 0 Å². The van der Waals surface area contributed by atoms with Gasteiger partial charge in [-0.15, -0.1) is 11.8 Å². The lowest BCUT2D eigenvalue weighted by Gasteiger charge is -2.12. The van der Waals surface area contributed by atoms with Crippen molar-refractivity contribution in [2.45, 2.75) is 25.5 Å². The fourth-order valence-electron chi connectivity index (χ4n) is 2.07. The van der Waals surface area contributed by atoms with Crippen LogP contribution in [0.15, 0.2) is 48.5 Å². The first-order valence-corrected chi connectivity index (χ1v) is 9.09. The van der Waals surface area contributed by atoms with Gasteiger partial charge in [0.2, 0.25) is 11.8 Å². The van der Waals surface area contributed by atoms with Gasteiger partial charge in [0.15, 0.2) is 0 Å². The van der Waals surface area contributed by atoms with Crippen LogP contribution in [0.5, 0.6) is 0 Å². The molecule has 0 fully saturated rings. The summed E-state index contributed by atoms with van der Waals surface area (Å²) in [6.45, 7) is 3.80. The molecule has 0 heterocycles. The Balaban J connectivity index is 1.77. The lowest BCUT2D eigenvalue weighted by molar-refractivity contribution is -0.115. The minimum absolute atomic E-state index is 0.157. The molecule has 2 amide bonds. The van der Waals surface area contributed by atoms with Gasteiger partial charge in [0.25, 0.3) is 0 Å². The first kappa shape index (κ1) is 19.0. The standard InChI is InChI=1S/C19H21FN2O2S/c1-3-14-4-8-16(9-5-14)21-18(23)12-25-13(2)19(24)22-17-10-6-15(20)7-11-17/h4-11,13H,3,12H2,1-2H3,(H,21,23)(H,22,24)/t13-/m1/s1. The zero-order valence-corrected chi connectivity index (χ0v) is 15.0. The highest BCUT2D eigenvalue weighted by atomic mass is 32.2. The van der Waals surface area contributed by atoms with E-state index in [0.29, 0.717) is 5.69 Å². The predicted octanol–water partition coefficient (Wildman–Crippen LogP) is 4.09. The summed E-state index contributed by atoms with van der Waals surface area (Å²) in [5.41, 5.74) is 2.48. The molecule has 0 aromatic heterocycles. The number of hydrogen-bond donors (Lipinski definition) is 2. The number of carbonyl (C=O) groups is 2. The fraction of sp³-hybridized carbons (Fsp3) is 0.263. The van der Waals surface area contributed by atoms with Crippen molar-refractivity contribution >= 4 is 35.0 Å². The van der Waals surface area contributed by atoms with E-state index >= 15 is 0 Å². The Morgan fingerprint density at radius 1 is 1.00 bits per heavy atom. The molecule has 0 saturated carbocycles. The third-order valence-corrected chi connectivity index (χ3v) is 4.73. The first-order chi connectivity index (χ1) is 12.0. The molecule has 25 heavy (non-hydrogen) atoms. The molecule has 2 N–H and O–H groups in total. The molecule has 0 radical (unpaired) electrons. The summed E-state index contributed by atoms with van der Waals surface area (Å²) >= 11 is 1.24. The average molecular weight is 360 g/mol. The van der Waals surface area contributed by atoms with Crippen molar-refractivity contribution in [1.82, 2.24) is 0 Å². The van der Waals surface area contributed by atoms with E-state index < -0.39 is 5.25 Å². The second-order valence-corrected chi connectivity index (χ2v) is 6.88. The summed E-state index contributed by atoms with van der Waals surface area (Å²) < 4.78 is 12.9. The van der Waals surface area contributed by atoms with Crippen molar-refractivity contribution in [1.29, 1.82) is 0 Å². The SMILES string of the molecule is CCc1ccc(NC(=O)CS[C@H](C)C(=O)Nc2ccc(F)cc2)cc1. The van der Waals surface area contributed by atoms with Gasteiger partial charge in [-0.25, -0.2) is 4.39 Å². The largest absolute Gasteiger partial charge is 0.325 e. The molecule has 0 unspecified atom stereocenters. The van der Waals surface area contributed by atoms with Crippen LogP contribution in [0.1, 0.15) is 19.4 Å². The zero-order valence-electron chi connectivity index (χ0n) is 14.2. The summed E-state index contributed by atoms with van der Waals surface area (Å²) in [5.74, 6) is -0.565. The van der Waals surface area contributed by atoms with Gasteiger partial charge in [-0.1, -0.05) is 19.1 Å². The Hall–Kier alpha value is -2.34. The second kappa shape index (κ2) is 9.22. The van der Waals surface area contributed by atoms with Gasteiger partial charge in [-0.2, -0.15) is 0 Å². The molecule has 2 aromatic rings. The normalized spacial score (nSPS) is 11.6. The van der Waals surface area contributed by atoms with Crippen molar-refractivity contribution in [3.05, 3.63) is 59.9 Å². The Bertz CT molecular complexity index is 717. The third-order valence-electron chi connectivity index (χ3n) is 3.59. The van der Waals surface area contributed by atoms with Crippen LogP contribution in [0.2, 0.25) is 0 Å². The van der Waals surface area contributed by atoms with E-state index in [9.17, 15) is 14.0 Å². The molecular formula is C19H21FN2O2S. The van der Waals surface area contributed by atoms with E-state index in [4.69, 9.17) is 0 Å². The Morgan fingerprint density at radius 2 is 1.56 bits per heavy atom. The van der Waals surface area contributed by atoms with E-state index in [2.05, 4.69) is 17.6 Å². The number of hydrogen-bond acceptors (Lipinski definition) is 3. The van der Waals surface area contributed by atoms with Crippen molar-refractivity contribution in [2.75, 3.05) is 16.4 Å². The van der Waals surface area contributed by atoms with Crippen LogP contribution in [0.4, 0.5) is 15.8 Å². The molecule has 0 aliphatic heterocycles. The molecule has 0 aliphatic rings. The maximum absolute atomic E-state index is 12.9. The number of nitrogens with one attached hydrogen (secondary N) is 2. The lowest BCUT2D eigenvalue weighted by Crippen LogP contribution is -2.25. The second-order valence-electron chi connectivity index (χ2n) is 5.55. The molecular weight excluding hydrogens is 339 g/mol. The lowest BCUT2D eigenvalue weighted by atomic mass is 10.1. The van der Waals surface area contributed by atoms with Crippen LogP contribution in [-0.4, -0.2) is 22.8 Å². The van der Waals surface area contributed by atoms with E-state index in [1.165, 1.54) is 41.6 Å². The topological polar surface area (TPSA) is 58.2 Å². The van der Waals surface area contributed by atoms with Crippen molar-refractivity contribution < 1.29 is 14.0 Å². The average Bonchev–Trinajstić information content (AvgIpc) is 2.62. The Kier molecular flexibility index (Phi) is 7.01. The number of halogens is 1. The van der Waals surface area contributed by atoms with Crippen LogP contribution < -0.4 is 10.6 Å². The number of thioether (sulfide) groups is 1.